The van der Waals surface area contributed by atoms with Gasteiger partial charge >= 0.3 is 0 Å². The predicted molar refractivity (Wildman–Crippen MR) is 125 cm³/mol. The number of amides is 2. The maximum atomic E-state index is 12.9. The number of rotatable bonds is 7. The van der Waals surface area contributed by atoms with Gasteiger partial charge in [0.25, 0.3) is 11.8 Å². The van der Waals surface area contributed by atoms with Crippen molar-refractivity contribution >= 4 is 23.2 Å². The lowest BCUT2D eigenvalue weighted by Gasteiger charge is -2.33. The number of hydrogen-bond donors (Lipinski definition) is 1. The summed E-state index contributed by atoms with van der Waals surface area (Å²) in [6, 6.07) is 22.6. The molecule has 32 heavy (non-hydrogen) atoms. The van der Waals surface area contributed by atoms with E-state index in [2.05, 4.69) is 17.4 Å². The van der Waals surface area contributed by atoms with E-state index in [0.717, 1.165) is 12.8 Å². The number of hydrogen-bond acceptors (Lipinski definition) is 4. The molecule has 1 unspecified atom stereocenters. The Morgan fingerprint density at radius 2 is 1.81 bits per heavy atom. The topological polar surface area (TPSA) is 67.9 Å². The molecule has 164 valence electrons. The van der Waals surface area contributed by atoms with Crippen LogP contribution in [0.3, 0.4) is 0 Å². The number of anilines is 2. The number of benzene rings is 3. The number of nitrogens with one attached hydrogen (secondary N) is 1. The molecule has 4 rings (SSSR count). The summed E-state index contributed by atoms with van der Waals surface area (Å²) in [6.45, 7) is 2.32. The van der Waals surface area contributed by atoms with Crippen LogP contribution >= 0.6 is 0 Å². The molecule has 0 radical (unpaired) electrons. The van der Waals surface area contributed by atoms with E-state index in [1.54, 1.807) is 48.2 Å². The first-order valence-corrected chi connectivity index (χ1v) is 10.7. The second-order valence-corrected chi connectivity index (χ2v) is 7.68. The summed E-state index contributed by atoms with van der Waals surface area (Å²) in [5, 5.41) is 2.90. The highest BCUT2D eigenvalue weighted by Crippen LogP contribution is 2.36. The normalized spacial score (nSPS) is 15.0. The fourth-order valence-corrected chi connectivity index (χ4v) is 3.83. The summed E-state index contributed by atoms with van der Waals surface area (Å²) >= 11 is 0. The molecular weight excluding hydrogens is 404 g/mol. The maximum absolute atomic E-state index is 12.9. The molecule has 1 aliphatic heterocycles. The van der Waals surface area contributed by atoms with Crippen LogP contribution in [0.25, 0.3) is 0 Å². The van der Waals surface area contributed by atoms with Gasteiger partial charge in [-0.3, -0.25) is 9.59 Å². The SMILES string of the molecule is COc1ccccc1C(=O)Nc1ccc2c(c1)N(CCCc1ccccc1)C(=O)C(C)O2. The molecule has 0 bridgehead atoms. The molecule has 1 N–H and O–H groups in total. The highest BCUT2D eigenvalue weighted by atomic mass is 16.5. The summed E-state index contributed by atoms with van der Waals surface area (Å²) < 4.78 is 11.1. The highest BCUT2D eigenvalue weighted by molar-refractivity contribution is 6.07. The van der Waals surface area contributed by atoms with E-state index in [1.807, 2.05) is 24.3 Å². The van der Waals surface area contributed by atoms with E-state index >= 15 is 0 Å². The lowest BCUT2D eigenvalue weighted by atomic mass is 10.1. The largest absolute Gasteiger partial charge is 0.496 e. The van der Waals surface area contributed by atoms with E-state index in [-0.39, 0.29) is 11.8 Å². The molecule has 6 heteroatoms. The van der Waals surface area contributed by atoms with Crippen molar-refractivity contribution in [1.29, 1.82) is 0 Å². The molecule has 0 aromatic heterocycles. The van der Waals surface area contributed by atoms with E-state index in [9.17, 15) is 9.59 Å². The van der Waals surface area contributed by atoms with Crippen molar-refractivity contribution < 1.29 is 19.1 Å². The Balaban J connectivity index is 1.53. The maximum Gasteiger partial charge on any atom is 0.267 e. The van der Waals surface area contributed by atoms with E-state index in [4.69, 9.17) is 9.47 Å². The number of carbonyl (C=O) groups is 2. The molecule has 0 aliphatic carbocycles. The van der Waals surface area contributed by atoms with Gasteiger partial charge in [0.05, 0.1) is 18.4 Å². The molecule has 2 amide bonds. The smallest absolute Gasteiger partial charge is 0.267 e. The quantitative estimate of drug-likeness (QED) is 0.590. The second-order valence-electron chi connectivity index (χ2n) is 7.68. The zero-order valence-electron chi connectivity index (χ0n) is 18.2. The van der Waals surface area contributed by atoms with Crippen molar-refractivity contribution in [3.8, 4) is 11.5 Å². The Kier molecular flexibility index (Phi) is 6.40. The molecular formula is C26H26N2O4. The van der Waals surface area contributed by atoms with Crippen LogP contribution < -0.4 is 19.7 Å². The van der Waals surface area contributed by atoms with Gasteiger partial charge in [-0.25, -0.2) is 0 Å². The third-order valence-electron chi connectivity index (χ3n) is 5.47. The minimum absolute atomic E-state index is 0.0845. The molecule has 1 atom stereocenters. The minimum Gasteiger partial charge on any atom is -0.496 e. The van der Waals surface area contributed by atoms with Gasteiger partial charge in [0.15, 0.2) is 6.10 Å². The molecule has 3 aromatic carbocycles. The minimum atomic E-state index is -0.548. The summed E-state index contributed by atoms with van der Waals surface area (Å²) in [4.78, 5) is 27.4. The van der Waals surface area contributed by atoms with Gasteiger partial charge in [-0.15, -0.1) is 0 Å². The summed E-state index contributed by atoms with van der Waals surface area (Å²) in [7, 11) is 1.53. The van der Waals surface area contributed by atoms with Crippen molar-refractivity contribution in [1.82, 2.24) is 0 Å². The fraction of sp³-hybridized carbons (Fsp3) is 0.231. The Labute approximate surface area is 187 Å². The Morgan fingerprint density at radius 1 is 1.06 bits per heavy atom. The zero-order valence-corrected chi connectivity index (χ0v) is 18.2. The van der Waals surface area contributed by atoms with Crippen molar-refractivity contribution in [2.24, 2.45) is 0 Å². The van der Waals surface area contributed by atoms with Gasteiger partial charge < -0.3 is 19.7 Å². The monoisotopic (exact) mass is 430 g/mol. The molecule has 6 nitrogen and oxygen atoms in total. The Hall–Kier alpha value is -3.80. The van der Waals surface area contributed by atoms with Gasteiger partial charge in [0.2, 0.25) is 0 Å². The lowest BCUT2D eigenvalue weighted by molar-refractivity contribution is -0.125. The van der Waals surface area contributed by atoms with E-state index in [0.29, 0.717) is 35.0 Å². The van der Waals surface area contributed by atoms with Crippen molar-refractivity contribution in [3.05, 3.63) is 83.9 Å². The third kappa shape index (κ3) is 4.59. The van der Waals surface area contributed by atoms with Crippen LogP contribution in [0, 0.1) is 0 Å². The first kappa shape index (κ1) is 21.4. The lowest BCUT2D eigenvalue weighted by Crippen LogP contribution is -2.45. The van der Waals surface area contributed by atoms with Gasteiger partial charge in [-0.2, -0.15) is 0 Å². The molecule has 0 spiro atoms. The molecule has 1 heterocycles. The molecule has 0 saturated carbocycles. The van der Waals surface area contributed by atoms with E-state index < -0.39 is 6.10 Å². The Morgan fingerprint density at radius 3 is 2.59 bits per heavy atom. The van der Waals surface area contributed by atoms with Crippen molar-refractivity contribution in [2.75, 3.05) is 23.9 Å². The predicted octanol–water partition coefficient (Wildman–Crippen LogP) is 4.69. The average Bonchev–Trinajstić information content (AvgIpc) is 2.82. The number of ether oxygens (including phenoxy) is 2. The van der Waals surface area contributed by atoms with Crippen LogP contribution in [-0.4, -0.2) is 31.6 Å². The van der Waals surface area contributed by atoms with Crippen LogP contribution in [0.15, 0.2) is 72.8 Å². The van der Waals surface area contributed by atoms with Gasteiger partial charge in [0, 0.05) is 12.2 Å². The van der Waals surface area contributed by atoms with Crippen molar-refractivity contribution in [3.63, 3.8) is 0 Å². The van der Waals surface area contributed by atoms with Gasteiger partial charge in [-0.05, 0) is 55.7 Å². The number of methoxy groups -OCH3 is 1. The van der Waals surface area contributed by atoms with Crippen molar-refractivity contribution in [2.45, 2.75) is 25.9 Å². The highest BCUT2D eigenvalue weighted by Gasteiger charge is 2.31. The van der Waals surface area contributed by atoms with Crippen LogP contribution in [0.5, 0.6) is 11.5 Å². The van der Waals surface area contributed by atoms with E-state index in [1.165, 1.54) is 12.7 Å². The summed E-state index contributed by atoms with van der Waals surface area (Å²) in [5.41, 5.74) is 2.92. The van der Waals surface area contributed by atoms with Crippen LogP contribution in [-0.2, 0) is 11.2 Å². The average molecular weight is 431 g/mol. The number of nitrogens with zero attached hydrogens (tertiary/aromatic N) is 1. The van der Waals surface area contributed by atoms with Gasteiger partial charge in [0.1, 0.15) is 11.5 Å². The Bertz CT molecular complexity index is 1110. The first-order chi connectivity index (χ1) is 15.6. The number of fused-ring (bicyclic) bond motifs is 1. The molecule has 3 aromatic rings. The third-order valence-corrected chi connectivity index (χ3v) is 5.47. The number of aryl methyl sites for hydroxylation is 1. The van der Waals surface area contributed by atoms with Crippen LogP contribution in [0.1, 0.15) is 29.3 Å². The van der Waals surface area contributed by atoms with Gasteiger partial charge in [-0.1, -0.05) is 42.5 Å². The first-order valence-electron chi connectivity index (χ1n) is 10.7. The fourth-order valence-electron chi connectivity index (χ4n) is 3.83. The molecule has 0 saturated heterocycles. The molecule has 0 fully saturated rings. The van der Waals surface area contributed by atoms with Crippen LogP contribution in [0.4, 0.5) is 11.4 Å². The number of carbonyl (C=O) groups excluding carboxylic acids is 2. The molecule has 1 aliphatic rings. The van der Waals surface area contributed by atoms with Crippen LogP contribution in [0.2, 0.25) is 0 Å². The standard InChI is InChI=1S/C26H26N2O4/c1-18-26(30)28(16-8-11-19-9-4-3-5-10-19)22-17-20(14-15-24(22)32-18)27-25(29)21-12-6-7-13-23(21)31-2/h3-7,9-10,12-15,17-18H,8,11,16H2,1-2H3,(H,27,29). The zero-order chi connectivity index (χ0) is 22.5. The number of para-hydroxylation sites is 1. The summed E-state index contributed by atoms with van der Waals surface area (Å²) in [6.07, 6.45) is 1.15. The summed E-state index contributed by atoms with van der Waals surface area (Å²) in [5.74, 6) is 0.762. The second kappa shape index (κ2) is 9.56.